The van der Waals surface area contributed by atoms with E-state index in [0.717, 1.165) is 0 Å². The molecule has 2 aliphatic heterocycles. The second kappa shape index (κ2) is 10.8. The number of nitrogens with zero attached hydrogens (tertiary/aromatic N) is 1. The van der Waals surface area contributed by atoms with Crippen LogP contribution < -0.4 is 25.4 Å². The van der Waals surface area contributed by atoms with Crippen molar-refractivity contribution in [3.8, 4) is 11.5 Å². The molecule has 1 aromatic carbocycles. The minimum atomic E-state index is -1.17. The molecule has 0 radical (unpaired) electrons. The topological polar surface area (TPSA) is 153 Å². The molecule has 3 N–H and O–H groups in total. The minimum absolute atomic E-state index is 0.0675. The number of Topliss-reactive ketones (excluding diaryl/α,β-unsaturated/α-hetero) is 1. The standard InChI is InChI=1S/C26H28N4O7/c1-13(2)22(23(32)21-14(3)24(33)30-26(21)35)29-20(31)11-17(28-25(34)16-6-4-5-9-27-16)15-7-8-18-19(10-15)37-12-36-18/h4-10,13-14,17,21-22H,11-12H2,1-3H3,(H,28,34)(H,29,31)(H,30,33,35)/t14-,17?,21-,22-/m1/s1. The molecule has 11 nitrogen and oxygen atoms in total. The van der Waals surface area contributed by atoms with E-state index in [2.05, 4.69) is 20.9 Å². The van der Waals surface area contributed by atoms with E-state index < -0.39 is 53.3 Å². The van der Waals surface area contributed by atoms with Crippen molar-refractivity contribution in [1.29, 1.82) is 0 Å². The molecule has 0 spiro atoms. The molecule has 1 aromatic heterocycles. The predicted octanol–water partition coefficient (Wildman–Crippen LogP) is 1.29. The van der Waals surface area contributed by atoms with E-state index in [4.69, 9.17) is 9.47 Å². The Morgan fingerprint density at radius 3 is 2.46 bits per heavy atom. The van der Waals surface area contributed by atoms with Gasteiger partial charge in [0.15, 0.2) is 17.3 Å². The van der Waals surface area contributed by atoms with Crippen LogP contribution in [0.15, 0.2) is 42.6 Å². The summed E-state index contributed by atoms with van der Waals surface area (Å²) in [6.45, 7) is 5.05. The summed E-state index contributed by atoms with van der Waals surface area (Å²) in [4.78, 5) is 67.4. The average molecular weight is 509 g/mol. The first-order valence-electron chi connectivity index (χ1n) is 11.9. The van der Waals surface area contributed by atoms with E-state index in [9.17, 15) is 24.0 Å². The van der Waals surface area contributed by atoms with Gasteiger partial charge >= 0.3 is 0 Å². The lowest BCUT2D eigenvalue weighted by Gasteiger charge is -2.26. The number of ether oxygens (including phenoxy) is 2. The van der Waals surface area contributed by atoms with Crippen LogP contribution >= 0.6 is 0 Å². The quantitative estimate of drug-likeness (QED) is 0.338. The van der Waals surface area contributed by atoms with Gasteiger partial charge in [0, 0.05) is 6.20 Å². The summed E-state index contributed by atoms with van der Waals surface area (Å²) in [5.41, 5.74) is 0.764. The average Bonchev–Trinajstić information content (AvgIpc) is 3.44. The fourth-order valence-corrected chi connectivity index (χ4v) is 4.36. The molecule has 37 heavy (non-hydrogen) atoms. The molecular weight excluding hydrogens is 480 g/mol. The molecule has 4 amide bonds. The number of amides is 4. The zero-order valence-electron chi connectivity index (χ0n) is 20.6. The number of ketones is 1. The number of nitrogens with one attached hydrogen (secondary N) is 3. The first-order valence-corrected chi connectivity index (χ1v) is 11.9. The summed E-state index contributed by atoms with van der Waals surface area (Å²) in [5.74, 6) is -4.03. The molecule has 11 heteroatoms. The zero-order chi connectivity index (χ0) is 26.7. The second-order valence-electron chi connectivity index (χ2n) is 9.37. The van der Waals surface area contributed by atoms with E-state index >= 15 is 0 Å². The predicted molar refractivity (Wildman–Crippen MR) is 129 cm³/mol. The Morgan fingerprint density at radius 2 is 1.81 bits per heavy atom. The molecule has 0 saturated carbocycles. The fraction of sp³-hybridized carbons (Fsp3) is 0.385. The molecule has 3 heterocycles. The molecule has 4 atom stereocenters. The van der Waals surface area contributed by atoms with Crippen molar-refractivity contribution in [1.82, 2.24) is 20.9 Å². The molecule has 2 aromatic rings. The highest BCUT2D eigenvalue weighted by Crippen LogP contribution is 2.35. The Bertz CT molecular complexity index is 1230. The van der Waals surface area contributed by atoms with E-state index in [1.165, 1.54) is 13.1 Å². The highest BCUT2D eigenvalue weighted by atomic mass is 16.7. The van der Waals surface area contributed by atoms with Crippen LogP contribution in [0.4, 0.5) is 0 Å². The normalized spacial score (nSPS) is 19.8. The third kappa shape index (κ3) is 5.60. The third-order valence-corrected chi connectivity index (χ3v) is 6.43. The molecule has 4 rings (SSSR count). The highest BCUT2D eigenvalue weighted by Gasteiger charge is 2.46. The van der Waals surface area contributed by atoms with Gasteiger partial charge in [0.2, 0.25) is 24.5 Å². The van der Waals surface area contributed by atoms with Gasteiger partial charge in [-0.2, -0.15) is 0 Å². The van der Waals surface area contributed by atoms with Gasteiger partial charge in [0.05, 0.1) is 24.4 Å². The number of benzene rings is 1. The first-order chi connectivity index (χ1) is 17.7. The van der Waals surface area contributed by atoms with Crippen LogP contribution in [0.2, 0.25) is 0 Å². The van der Waals surface area contributed by atoms with Gasteiger partial charge in [0.25, 0.3) is 5.91 Å². The van der Waals surface area contributed by atoms with Gasteiger partial charge in [-0.15, -0.1) is 0 Å². The Kier molecular flexibility index (Phi) is 7.51. The van der Waals surface area contributed by atoms with E-state index in [1.54, 1.807) is 50.2 Å². The maximum atomic E-state index is 13.2. The number of hydrogen-bond acceptors (Lipinski definition) is 8. The summed E-state index contributed by atoms with van der Waals surface area (Å²) in [6, 6.07) is 8.20. The minimum Gasteiger partial charge on any atom is -0.454 e. The van der Waals surface area contributed by atoms with Gasteiger partial charge in [-0.25, -0.2) is 0 Å². The van der Waals surface area contributed by atoms with E-state index in [1.807, 2.05) is 0 Å². The van der Waals surface area contributed by atoms with Crippen LogP contribution in [0.5, 0.6) is 11.5 Å². The van der Waals surface area contributed by atoms with Crippen molar-refractivity contribution in [3.05, 3.63) is 53.9 Å². The van der Waals surface area contributed by atoms with Crippen molar-refractivity contribution in [2.45, 2.75) is 39.3 Å². The zero-order valence-corrected chi connectivity index (χ0v) is 20.6. The molecule has 1 unspecified atom stereocenters. The monoisotopic (exact) mass is 508 g/mol. The van der Waals surface area contributed by atoms with Gasteiger partial charge in [-0.1, -0.05) is 32.9 Å². The van der Waals surface area contributed by atoms with Crippen molar-refractivity contribution >= 4 is 29.4 Å². The summed E-state index contributed by atoms with van der Waals surface area (Å²) in [6.07, 6.45) is 1.28. The highest BCUT2D eigenvalue weighted by molar-refractivity contribution is 6.16. The SMILES string of the molecule is CC(C)[C@@H](NC(=O)CC(NC(=O)c1ccccn1)c1ccc2c(c1)OCO2)C(=O)[C@@H]1C(=O)NC(=O)[C@@H]1C. The Labute approximate surface area is 213 Å². The van der Waals surface area contributed by atoms with Crippen molar-refractivity contribution < 1.29 is 33.4 Å². The van der Waals surface area contributed by atoms with Crippen molar-refractivity contribution in [3.63, 3.8) is 0 Å². The van der Waals surface area contributed by atoms with Crippen LogP contribution in [-0.4, -0.2) is 47.2 Å². The number of carbonyl (C=O) groups is 5. The Hall–Kier alpha value is -4.28. The van der Waals surface area contributed by atoms with Crippen LogP contribution in [0.3, 0.4) is 0 Å². The summed E-state index contributed by atoms with van der Waals surface area (Å²) < 4.78 is 10.8. The maximum absolute atomic E-state index is 13.2. The second-order valence-corrected chi connectivity index (χ2v) is 9.37. The summed E-state index contributed by atoms with van der Waals surface area (Å²) in [7, 11) is 0. The molecule has 0 aliphatic carbocycles. The summed E-state index contributed by atoms with van der Waals surface area (Å²) in [5, 5.41) is 7.71. The van der Waals surface area contributed by atoms with Crippen molar-refractivity contribution in [2.75, 3.05) is 6.79 Å². The number of imide groups is 1. The number of rotatable bonds is 9. The number of aromatic nitrogens is 1. The number of carbonyl (C=O) groups excluding carboxylic acids is 5. The molecule has 194 valence electrons. The van der Waals surface area contributed by atoms with Crippen LogP contribution in [0.25, 0.3) is 0 Å². The Morgan fingerprint density at radius 1 is 1.05 bits per heavy atom. The number of pyridine rings is 1. The van der Waals surface area contributed by atoms with Gasteiger partial charge in [-0.3, -0.25) is 34.3 Å². The third-order valence-electron chi connectivity index (χ3n) is 6.43. The van der Waals surface area contributed by atoms with E-state index in [-0.39, 0.29) is 24.8 Å². The van der Waals surface area contributed by atoms with Gasteiger partial charge < -0.3 is 20.1 Å². The van der Waals surface area contributed by atoms with Crippen LogP contribution in [0, 0.1) is 17.8 Å². The lowest BCUT2D eigenvalue weighted by molar-refractivity contribution is -0.137. The van der Waals surface area contributed by atoms with E-state index in [0.29, 0.717) is 17.1 Å². The molecule has 2 aliphatic rings. The van der Waals surface area contributed by atoms with Crippen molar-refractivity contribution in [2.24, 2.45) is 17.8 Å². The lowest BCUT2D eigenvalue weighted by Crippen LogP contribution is -2.49. The number of fused-ring (bicyclic) bond motifs is 1. The maximum Gasteiger partial charge on any atom is 0.270 e. The number of hydrogen-bond donors (Lipinski definition) is 3. The van der Waals surface area contributed by atoms with Crippen LogP contribution in [-0.2, 0) is 19.2 Å². The molecule has 0 bridgehead atoms. The fourth-order valence-electron chi connectivity index (χ4n) is 4.36. The smallest absolute Gasteiger partial charge is 0.270 e. The molecule has 1 saturated heterocycles. The van der Waals surface area contributed by atoms with Gasteiger partial charge in [-0.05, 0) is 35.7 Å². The van der Waals surface area contributed by atoms with Crippen LogP contribution in [0.1, 0.15) is 49.3 Å². The Balaban J connectivity index is 1.53. The molecular formula is C26H28N4O7. The first kappa shape index (κ1) is 25.8. The van der Waals surface area contributed by atoms with Gasteiger partial charge in [0.1, 0.15) is 11.6 Å². The summed E-state index contributed by atoms with van der Waals surface area (Å²) >= 11 is 0. The largest absolute Gasteiger partial charge is 0.454 e. The molecule has 1 fully saturated rings. The lowest BCUT2D eigenvalue weighted by atomic mass is 9.85.